The molecule has 21 heavy (non-hydrogen) atoms. The number of rotatable bonds is 4. The molecule has 1 fully saturated rings. The Bertz CT molecular complexity index is 520. The minimum absolute atomic E-state index is 0.0592. The number of ketones is 1. The first-order valence-corrected chi connectivity index (χ1v) is 7.29. The fourth-order valence-corrected chi connectivity index (χ4v) is 2.50. The first-order valence-electron chi connectivity index (χ1n) is 7.29. The van der Waals surface area contributed by atoms with Crippen molar-refractivity contribution in [3.8, 4) is 0 Å². The number of nitrogens with one attached hydrogen (secondary N) is 1. The lowest BCUT2D eigenvalue weighted by atomic mass is 9.89. The smallest absolute Gasteiger partial charge is 0.252 e. The van der Waals surface area contributed by atoms with Gasteiger partial charge in [-0.1, -0.05) is 12.1 Å². The third-order valence-corrected chi connectivity index (χ3v) is 3.88. The lowest BCUT2D eigenvalue weighted by Gasteiger charge is -2.28. The molecule has 0 saturated carbocycles. The van der Waals surface area contributed by atoms with Crippen molar-refractivity contribution in [1.82, 2.24) is 4.90 Å². The number of Topliss-reactive ketones (excluding diaryl/α,β-unsaturated/α-hetero) is 1. The number of aliphatic hydroxyl groups excluding tert-OH is 1. The van der Waals surface area contributed by atoms with Gasteiger partial charge in [-0.3, -0.25) is 9.59 Å². The summed E-state index contributed by atoms with van der Waals surface area (Å²) in [5.74, 6) is -0.279. The Balaban J connectivity index is 2.06. The third-order valence-electron chi connectivity index (χ3n) is 3.88. The van der Waals surface area contributed by atoms with Gasteiger partial charge in [-0.15, -0.1) is 0 Å². The fourth-order valence-electron chi connectivity index (χ4n) is 2.50. The van der Waals surface area contributed by atoms with E-state index in [1.807, 2.05) is 0 Å². The number of anilines is 1. The van der Waals surface area contributed by atoms with Gasteiger partial charge in [0.05, 0.1) is 0 Å². The van der Waals surface area contributed by atoms with Crippen LogP contribution >= 0.6 is 0 Å². The van der Waals surface area contributed by atoms with Crippen molar-refractivity contribution in [3.63, 3.8) is 0 Å². The van der Waals surface area contributed by atoms with E-state index >= 15 is 0 Å². The number of hydrogen-bond donors (Lipinski definition) is 2. The van der Waals surface area contributed by atoms with Gasteiger partial charge in [0.25, 0.3) is 5.91 Å². The molecule has 1 amide bonds. The Hall–Kier alpha value is -1.72. The third kappa shape index (κ3) is 4.12. The summed E-state index contributed by atoms with van der Waals surface area (Å²) in [5, 5.41) is 11.8. The molecule has 5 heteroatoms. The van der Waals surface area contributed by atoms with Gasteiger partial charge in [-0.05, 0) is 52.0 Å². The van der Waals surface area contributed by atoms with Crippen molar-refractivity contribution < 1.29 is 14.7 Å². The molecule has 1 atom stereocenters. The standard InChI is InChI=1S/C16H22N2O3/c1-11(19)16(21)17-14-5-3-4-13(10-14)15(20)12-6-8-18(2)9-7-12/h3-5,10-12,19H,6-9H2,1-2H3,(H,17,21). The van der Waals surface area contributed by atoms with E-state index in [0.29, 0.717) is 11.3 Å². The molecular formula is C16H22N2O3. The van der Waals surface area contributed by atoms with Crippen molar-refractivity contribution in [2.45, 2.75) is 25.9 Å². The molecule has 1 aliphatic heterocycles. The Kier molecular flexibility index (Phi) is 5.09. The highest BCUT2D eigenvalue weighted by molar-refractivity contribution is 6.00. The van der Waals surface area contributed by atoms with Crippen LogP contribution in [0.5, 0.6) is 0 Å². The molecule has 2 rings (SSSR count). The van der Waals surface area contributed by atoms with Crippen molar-refractivity contribution in [1.29, 1.82) is 0 Å². The van der Waals surface area contributed by atoms with E-state index in [2.05, 4.69) is 17.3 Å². The van der Waals surface area contributed by atoms with E-state index in [-0.39, 0.29) is 11.7 Å². The predicted molar refractivity (Wildman–Crippen MR) is 81.3 cm³/mol. The highest BCUT2D eigenvalue weighted by atomic mass is 16.3. The first kappa shape index (κ1) is 15.7. The van der Waals surface area contributed by atoms with E-state index < -0.39 is 12.0 Å². The molecule has 114 valence electrons. The number of benzene rings is 1. The van der Waals surface area contributed by atoms with Crippen LogP contribution in [0.3, 0.4) is 0 Å². The summed E-state index contributed by atoms with van der Waals surface area (Å²) in [4.78, 5) is 26.2. The molecule has 1 unspecified atom stereocenters. The molecule has 0 aromatic heterocycles. The topological polar surface area (TPSA) is 69.6 Å². The van der Waals surface area contributed by atoms with Crippen LogP contribution in [0, 0.1) is 5.92 Å². The molecular weight excluding hydrogens is 268 g/mol. The molecule has 5 nitrogen and oxygen atoms in total. The molecule has 0 spiro atoms. The van der Waals surface area contributed by atoms with Crippen LogP contribution in [0.15, 0.2) is 24.3 Å². The molecule has 1 aromatic carbocycles. The van der Waals surface area contributed by atoms with E-state index in [1.165, 1.54) is 6.92 Å². The number of carbonyl (C=O) groups excluding carboxylic acids is 2. The Morgan fingerprint density at radius 3 is 2.62 bits per heavy atom. The predicted octanol–water partition coefficient (Wildman–Crippen LogP) is 1.53. The van der Waals surface area contributed by atoms with Crippen LogP contribution in [-0.4, -0.2) is 47.9 Å². The van der Waals surface area contributed by atoms with Gasteiger partial charge in [0.2, 0.25) is 0 Å². The number of piperidine rings is 1. The zero-order chi connectivity index (χ0) is 15.4. The summed E-state index contributed by atoms with van der Waals surface area (Å²) >= 11 is 0. The normalized spacial score (nSPS) is 18.2. The summed E-state index contributed by atoms with van der Waals surface area (Å²) in [5.41, 5.74) is 1.16. The van der Waals surface area contributed by atoms with E-state index in [1.54, 1.807) is 24.3 Å². The van der Waals surface area contributed by atoms with Crippen LogP contribution in [-0.2, 0) is 4.79 Å². The minimum Gasteiger partial charge on any atom is -0.384 e. The Morgan fingerprint density at radius 2 is 2.00 bits per heavy atom. The molecule has 1 saturated heterocycles. The van der Waals surface area contributed by atoms with E-state index in [9.17, 15) is 14.7 Å². The average molecular weight is 290 g/mol. The van der Waals surface area contributed by atoms with E-state index in [4.69, 9.17) is 0 Å². The van der Waals surface area contributed by atoms with Crippen molar-refractivity contribution in [2.24, 2.45) is 5.92 Å². The summed E-state index contributed by atoms with van der Waals surface area (Å²) < 4.78 is 0. The maximum Gasteiger partial charge on any atom is 0.252 e. The largest absolute Gasteiger partial charge is 0.384 e. The van der Waals surface area contributed by atoms with Crippen LogP contribution < -0.4 is 5.32 Å². The number of amides is 1. The molecule has 0 aliphatic carbocycles. The van der Waals surface area contributed by atoms with Gasteiger partial charge in [0, 0.05) is 17.2 Å². The zero-order valence-corrected chi connectivity index (χ0v) is 12.5. The monoisotopic (exact) mass is 290 g/mol. The van der Waals surface area contributed by atoms with Crippen molar-refractivity contribution >= 4 is 17.4 Å². The van der Waals surface area contributed by atoms with Gasteiger partial charge in [0.15, 0.2) is 5.78 Å². The second kappa shape index (κ2) is 6.83. The quantitative estimate of drug-likeness (QED) is 0.825. The lowest BCUT2D eigenvalue weighted by molar-refractivity contribution is -0.123. The van der Waals surface area contributed by atoms with Crippen molar-refractivity contribution in [3.05, 3.63) is 29.8 Å². The summed E-state index contributed by atoms with van der Waals surface area (Å²) in [6.07, 6.45) is 0.678. The zero-order valence-electron chi connectivity index (χ0n) is 12.5. The number of likely N-dealkylation sites (tertiary alicyclic amines) is 1. The maximum atomic E-state index is 12.5. The van der Waals surface area contributed by atoms with Gasteiger partial charge in [-0.2, -0.15) is 0 Å². The molecule has 2 N–H and O–H groups in total. The van der Waals surface area contributed by atoms with Crippen LogP contribution in [0.2, 0.25) is 0 Å². The fraction of sp³-hybridized carbons (Fsp3) is 0.500. The van der Waals surface area contributed by atoms with Gasteiger partial charge < -0.3 is 15.3 Å². The number of hydrogen-bond acceptors (Lipinski definition) is 4. The Morgan fingerprint density at radius 1 is 1.33 bits per heavy atom. The SMILES string of the molecule is CC(O)C(=O)Nc1cccc(C(=O)C2CCN(C)CC2)c1. The lowest BCUT2D eigenvalue weighted by Crippen LogP contribution is -2.33. The Labute approximate surface area is 125 Å². The van der Waals surface area contributed by atoms with Gasteiger partial charge >= 0.3 is 0 Å². The van der Waals surface area contributed by atoms with Gasteiger partial charge in [-0.25, -0.2) is 0 Å². The van der Waals surface area contributed by atoms with Crippen LogP contribution in [0.1, 0.15) is 30.1 Å². The highest BCUT2D eigenvalue weighted by Gasteiger charge is 2.24. The molecule has 1 heterocycles. The minimum atomic E-state index is -1.07. The van der Waals surface area contributed by atoms with Crippen LogP contribution in [0.25, 0.3) is 0 Å². The molecule has 0 bridgehead atoms. The second-order valence-corrected chi connectivity index (χ2v) is 5.69. The number of aliphatic hydroxyl groups is 1. The molecule has 1 aromatic rings. The number of carbonyl (C=O) groups is 2. The average Bonchev–Trinajstić information content (AvgIpc) is 2.47. The first-order chi connectivity index (χ1) is 9.97. The van der Waals surface area contributed by atoms with E-state index in [0.717, 1.165) is 25.9 Å². The maximum absolute atomic E-state index is 12.5. The summed E-state index contributed by atoms with van der Waals surface area (Å²) in [6, 6.07) is 6.92. The molecule has 0 radical (unpaired) electrons. The summed E-state index contributed by atoms with van der Waals surface area (Å²) in [6.45, 7) is 3.28. The van der Waals surface area contributed by atoms with Crippen molar-refractivity contribution in [2.75, 3.05) is 25.5 Å². The highest BCUT2D eigenvalue weighted by Crippen LogP contribution is 2.22. The summed E-state index contributed by atoms with van der Waals surface area (Å²) in [7, 11) is 2.06. The second-order valence-electron chi connectivity index (χ2n) is 5.69. The molecule has 1 aliphatic rings. The number of nitrogens with zero attached hydrogens (tertiary/aromatic N) is 1. The van der Waals surface area contributed by atoms with Crippen LogP contribution in [0.4, 0.5) is 5.69 Å². The van der Waals surface area contributed by atoms with Gasteiger partial charge in [0.1, 0.15) is 6.10 Å².